The van der Waals surface area contributed by atoms with Gasteiger partial charge in [0.1, 0.15) is 5.75 Å². The molecular weight excluding hydrogens is 340 g/mol. The Hall–Kier alpha value is -2.02. The molecule has 0 atom stereocenters. The number of Topliss-reactive ketones (excluding diaryl/α,β-unsaturated/α-hetero) is 1. The Morgan fingerprint density at radius 2 is 1.84 bits per heavy atom. The van der Waals surface area contributed by atoms with E-state index in [-0.39, 0.29) is 35.4 Å². The molecule has 0 aliphatic heterocycles. The van der Waals surface area contributed by atoms with E-state index >= 15 is 0 Å². The molecule has 2 N–H and O–H groups in total. The van der Waals surface area contributed by atoms with Crippen LogP contribution in [-0.2, 0) is 15.3 Å². The number of carbonyl (C=O) groups is 3. The number of benzene rings is 1. The number of rotatable bonds is 8. The molecule has 1 aromatic carbocycles. The molecule has 7 heteroatoms. The number of hydrogen-bond acceptors (Lipinski definition) is 5. The first-order chi connectivity index (χ1) is 11.6. The van der Waals surface area contributed by atoms with E-state index in [1.807, 2.05) is 20.8 Å². The van der Waals surface area contributed by atoms with Crippen molar-refractivity contribution in [1.82, 2.24) is 10.6 Å². The molecule has 0 bridgehead atoms. The summed E-state index contributed by atoms with van der Waals surface area (Å²) in [5.74, 6) is 0.985. The van der Waals surface area contributed by atoms with Crippen LogP contribution in [-0.4, -0.2) is 42.5 Å². The van der Waals surface area contributed by atoms with E-state index in [0.717, 1.165) is 5.56 Å². The molecule has 0 saturated heterocycles. The van der Waals surface area contributed by atoms with Crippen LogP contribution in [0.1, 0.15) is 43.6 Å². The first kappa shape index (κ1) is 21.0. The average molecular weight is 366 g/mol. The van der Waals surface area contributed by atoms with E-state index < -0.39 is 0 Å². The lowest BCUT2D eigenvalue weighted by Gasteiger charge is -2.20. The molecule has 1 rings (SSSR count). The second-order valence-corrected chi connectivity index (χ2v) is 7.64. The quantitative estimate of drug-likeness (QED) is 0.689. The molecule has 2 amide bonds. The summed E-state index contributed by atoms with van der Waals surface area (Å²) >= 11 is 1.39. The van der Waals surface area contributed by atoms with Crippen LogP contribution < -0.4 is 15.4 Å². The Bertz CT molecular complexity index is 638. The number of ether oxygens (including phenoxy) is 1. The molecule has 0 saturated carbocycles. The standard InChI is InChI=1S/C18H26N2O4S/c1-12(21)13-6-7-15(24-5)14(8-13)10-25-11-17(23)19-9-16(22)20-18(2,3)4/h6-8H,9-11H2,1-5H3,(H,19,23)(H,20,22). The maximum atomic E-state index is 11.8. The molecule has 6 nitrogen and oxygen atoms in total. The van der Waals surface area contributed by atoms with Gasteiger partial charge in [-0.15, -0.1) is 11.8 Å². The van der Waals surface area contributed by atoms with Crippen LogP contribution in [0.3, 0.4) is 0 Å². The molecule has 0 heterocycles. The smallest absolute Gasteiger partial charge is 0.239 e. The highest BCUT2D eigenvalue weighted by atomic mass is 32.2. The number of ketones is 1. The highest BCUT2D eigenvalue weighted by molar-refractivity contribution is 7.99. The van der Waals surface area contributed by atoms with Gasteiger partial charge in [0, 0.05) is 22.4 Å². The van der Waals surface area contributed by atoms with Gasteiger partial charge in [-0.25, -0.2) is 0 Å². The van der Waals surface area contributed by atoms with Crippen molar-refractivity contribution in [2.45, 2.75) is 39.0 Å². The lowest BCUT2D eigenvalue weighted by molar-refractivity contribution is -0.125. The van der Waals surface area contributed by atoms with Crippen molar-refractivity contribution in [2.24, 2.45) is 0 Å². The van der Waals surface area contributed by atoms with Gasteiger partial charge in [0.15, 0.2) is 5.78 Å². The Morgan fingerprint density at radius 1 is 1.16 bits per heavy atom. The zero-order valence-corrected chi connectivity index (χ0v) is 16.2. The molecular formula is C18H26N2O4S. The topological polar surface area (TPSA) is 84.5 Å². The van der Waals surface area contributed by atoms with Gasteiger partial charge in [0.2, 0.25) is 11.8 Å². The summed E-state index contributed by atoms with van der Waals surface area (Å²) in [5.41, 5.74) is 1.15. The van der Waals surface area contributed by atoms with Crippen molar-refractivity contribution in [3.8, 4) is 5.75 Å². The van der Waals surface area contributed by atoms with E-state index in [2.05, 4.69) is 10.6 Å². The molecule has 0 fully saturated rings. The minimum absolute atomic E-state index is 0.0171. The van der Waals surface area contributed by atoms with Crippen molar-refractivity contribution in [3.63, 3.8) is 0 Å². The van der Waals surface area contributed by atoms with Crippen LogP contribution in [0.5, 0.6) is 5.75 Å². The molecule has 0 spiro atoms. The number of amides is 2. The summed E-state index contributed by atoms with van der Waals surface area (Å²) in [6.45, 7) is 7.11. The van der Waals surface area contributed by atoms with Crippen molar-refractivity contribution in [2.75, 3.05) is 19.4 Å². The molecule has 0 aliphatic rings. The molecule has 25 heavy (non-hydrogen) atoms. The largest absolute Gasteiger partial charge is 0.496 e. The van der Waals surface area contributed by atoms with Crippen LogP contribution in [0.25, 0.3) is 0 Å². The minimum Gasteiger partial charge on any atom is -0.496 e. The summed E-state index contributed by atoms with van der Waals surface area (Å²) in [5, 5.41) is 5.37. The first-order valence-corrected chi connectivity index (χ1v) is 9.11. The number of nitrogens with one attached hydrogen (secondary N) is 2. The fourth-order valence-corrected chi connectivity index (χ4v) is 2.89. The molecule has 0 radical (unpaired) electrons. The van der Waals surface area contributed by atoms with Crippen molar-refractivity contribution < 1.29 is 19.1 Å². The third-order valence-corrected chi connectivity index (χ3v) is 4.12. The summed E-state index contributed by atoms with van der Waals surface area (Å²) in [6, 6.07) is 5.25. The zero-order valence-electron chi connectivity index (χ0n) is 15.4. The highest BCUT2D eigenvalue weighted by Gasteiger charge is 2.14. The molecule has 0 aliphatic carbocycles. The van der Waals surface area contributed by atoms with Gasteiger partial charge in [-0.3, -0.25) is 14.4 Å². The normalized spacial score (nSPS) is 10.9. The number of thioether (sulfide) groups is 1. The number of methoxy groups -OCH3 is 1. The van der Waals surface area contributed by atoms with Crippen LogP contribution in [0.4, 0.5) is 0 Å². The van der Waals surface area contributed by atoms with Crippen molar-refractivity contribution in [3.05, 3.63) is 29.3 Å². The van der Waals surface area contributed by atoms with Gasteiger partial charge in [0.05, 0.1) is 19.4 Å². The van der Waals surface area contributed by atoms with E-state index in [0.29, 0.717) is 17.1 Å². The van der Waals surface area contributed by atoms with Gasteiger partial charge in [-0.1, -0.05) is 0 Å². The fourth-order valence-electron chi connectivity index (χ4n) is 2.06. The highest BCUT2D eigenvalue weighted by Crippen LogP contribution is 2.24. The lowest BCUT2D eigenvalue weighted by atomic mass is 10.1. The van der Waals surface area contributed by atoms with Gasteiger partial charge in [-0.05, 0) is 45.9 Å². The van der Waals surface area contributed by atoms with Gasteiger partial charge >= 0.3 is 0 Å². The SMILES string of the molecule is COc1ccc(C(C)=O)cc1CSCC(=O)NCC(=O)NC(C)(C)C. The maximum Gasteiger partial charge on any atom is 0.239 e. The summed E-state index contributed by atoms with van der Waals surface area (Å²) < 4.78 is 5.28. The van der Waals surface area contributed by atoms with E-state index in [9.17, 15) is 14.4 Å². The van der Waals surface area contributed by atoms with Crippen LogP contribution in [0.2, 0.25) is 0 Å². The fraction of sp³-hybridized carbons (Fsp3) is 0.500. The maximum absolute atomic E-state index is 11.8. The third kappa shape index (κ3) is 8.07. The first-order valence-electron chi connectivity index (χ1n) is 7.95. The predicted octanol–water partition coefficient (Wildman–Crippen LogP) is 2.16. The molecule has 138 valence electrons. The second kappa shape index (κ2) is 9.46. The molecule has 0 unspecified atom stereocenters. The Balaban J connectivity index is 2.46. The van der Waals surface area contributed by atoms with Crippen LogP contribution >= 0.6 is 11.8 Å². The number of carbonyl (C=O) groups excluding carboxylic acids is 3. The van der Waals surface area contributed by atoms with Crippen LogP contribution in [0, 0.1) is 0 Å². The molecule has 0 aromatic heterocycles. The Kier molecular flexibility index (Phi) is 7.96. The van der Waals surface area contributed by atoms with E-state index in [1.165, 1.54) is 18.7 Å². The van der Waals surface area contributed by atoms with Crippen LogP contribution in [0.15, 0.2) is 18.2 Å². The monoisotopic (exact) mass is 366 g/mol. The van der Waals surface area contributed by atoms with Gasteiger partial charge in [0.25, 0.3) is 0 Å². The summed E-state index contributed by atoms with van der Waals surface area (Å²) in [4.78, 5) is 35.0. The lowest BCUT2D eigenvalue weighted by Crippen LogP contribution is -2.46. The van der Waals surface area contributed by atoms with Gasteiger partial charge < -0.3 is 15.4 Å². The Morgan fingerprint density at radius 3 is 2.40 bits per heavy atom. The Labute approximate surface area is 153 Å². The zero-order chi connectivity index (χ0) is 19.0. The predicted molar refractivity (Wildman–Crippen MR) is 100 cm³/mol. The average Bonchev–Trinajstić information content (AvgIpc) is 2.51. The van der Waals surface area contributed by atoms with E-state index in [4.69, 9.17) is 4.74 Å². The van der Waals surface area contributed by atoms with Crippen molar-refractivity contribution in [1.29, 1.82) is 0 Å². The second-order valence-electron chi connectivity index (χ2n) is 6.65. The summed E-state index contributed by atoms with van der Waals surface area (Å²) in [7, 11) is 1.57. The number of hydrogen-bond donors (Lipinski definition) is 2. The minimum atomic E-state index is -0.325. The van der Waals surface area contributed by atoms with E-state index in [1.54, 1.807) is 25.3 Å². The summed E-state index contributed by atoms with van der Waals surface area (Å²) in [6.07, 6.45) is 0. The molecule has 1 aromatic rings. The van der Waals surface area contributed by atoms with Gasteiger partial charge in [-0.2, -0.15) is 0 Å². The third-order valence-electron chi connectivity index (χ3n) is 3.14. The van der Waals surface area contributed by atoms with Crippen molar-refractivity contribution >= 4 is 29.4 Å².